The molecule has 7 nitrogen and oxygen atoms in total. The molecule has 0 amide bonds. The molecule has 0 saturated heterocycles. The van der Waals surface area contributed by atoms with Crippen molar-refractivity contribution in [2.75, 3.05) is 23.9 Å². The Morgan fingerprint density at radius 2 is 2.10 bits per heavy atom. The lowest BCUT2D eigenvalue weighted by Gasteiger charge is -2.08. The molecule has 0 bridgehead atoms. The molecule has 0 radical (unpaired) electrons. The van der Waals surface area contributed by atoms with E-state index in [-0.39, 0.29) is 18.0 Å². The fraction of sp³-hybridized carbons (Fsp3) is 0.250. The molecule has 0 saturated carbocycles. The van der Waals surface area contributed by atoms with Crippen LogP contribution in [0, 0.1) is 10.1 Å². The van der Waals surface area contributed by atoms with Crippen molar-refractivity contribution < 1.29 is 13.3 Å². The first-order chi connectivity index (χ1) is 9.38. The lowest BCUT2D eigenvalue weighted by molar-refractivity contribution is -0.382. The molecule has 1 aromatic heterocycles. The Balaban J connectivity index is 2.38. The SMILES string of the molecule is CS(=O)(=O)CCNc1ccc2ncccc2c1[N+](=O)[O-]. The van der Waals surface area contributed by atoms with Gasteiger partial charge in [0.15, 0.2) is 0 Å². The van der Waals surface area contributed by atoms with Crippen LogP contribution in [0.3, 0.4) is 0 Å². The van der Waals surface area contributed by atoms with Crippen LogP contribution in [-0.4, -0.2) is 36.9 Å². The normalized spacial score (nSPS) is 11.4. The number of aromatic nitrogens is 1. The summed E-state index contributed by atoms with van der Waals surface area (Å²) in [5.74, 6) is -0.0881. The van der Waals surface area contributed by atoms with Crippen LogP contribution in [0.2, 0.25) is 0 Å². The zero-order valence-corrected chi connectivity index (χ0v) is 11.6. The molecule has 2 rings (SSSR count). The van der Waals surface area contributed by atoms with E-state index in [0.717, 1.165) is 6.26 Å². The first-order valence-corrected chi connectivity index (χ1v) is 7.88. The molecule has 1 N–H and O–H groups in total. The van der Waals surface area contributed by atoms with E-state index in [4.69, 9.17) is 0 Å². The van der Waals surface area contributed by atoms with Crippen molar-refractivity contribution in [2.45, 2.75) is 0 Å². The molecule has 20 heavy (non-hydrogen) atoms. The number of hydrogen-bond donors (Lipinski definition) is 1. The highest BCUT2D eigenvalue weighted by Crippen LogP contribution is 2.32. The summed E-state index contributed by atoms with van der Waals surface area (Å²) in [4.78, 5) is 14.8. The van der Waals surface area contributed by atoms with Gasteiger partial charge in [0.05, 0.1) is 21.6 Å². The highest BCUT2D eigenvalue weighted by atomic mass is 32.2. The summed E-state index contributed by atoms with van der Waals surface area (Å²) in [6.07, 6.45) is 2.68. The van der Waals surface area contributed by atoms with Crippen LogP contribution in [0.5, 0.6) is 0 Å². The Hall–Kier alpha value is -2.22. The van der Waals surface area contributed by atoms with Crippen LogP contribution >= 0.6 is 0 Å². The van der Waals surface area contributed by atoms with Crippen molar-refractivity contribution in [3.63, 3.8) is 0 Å². The molecule has 1 heterocycles. The molecule has 0 spiro atoms. The van der Waals surface area contributed by atoms with Crippen LogP contribution in [0.15, 0.2) is 30.5 Å². The number of rotatable bonds is 5. The summed E-state index contributed by atoms with van der Waals surface area (Å²) in [5, 5.41) is 14.4. The Bertz CT molecular complexity index is 758. The number of nitro benzene ring substituents is 1. The van der Waals surface area contributed by atoms with E-state index in [1.807, 2.05) is 0 Å². The molecule has 0 aliphatic heterocycles. The lowest BCUT2D eigenvalue weighted by Crippen LogP contribution is -2.14. The topological polar surface area (TPSA) is 102 Å². The Morgan fingerprint density at radius 1 is 1.35 bits per heavy atom. The molecule has 0 atom stereocenters. The standard InChI is InChI=1S/C12H13N3O4S/c1-20(18,19)8-7-14-11-5-4-10-9(3-2-6-13-10)12(11)15(16)17/h2-6,14H,7-8H2,1H3. The Kier molecular flexibility index (Phi) is 3.84. The van der Waals surface area contributed by atoms with E-state index >= 15 is 0 Å². The van der Waals surface area contributed by atoms with Crippen molar-refractivity contribution >= 4 is 32.1 Å². The van der Waals surface area contributed by atoms with Gasteiger partial charge in [-0.2, -0.15) is 0 Å². The van der Waals surface area contributed by atoms with Gasteiger partial charge in [-0.25, -0.2) is 8.42 Å². The molecular formula is C12H13N3O4S. The van der Waals surface area contributed by atoms with Crippen LogP contribution in [0.25, 0.3) is 10.9 Å². The number of nitro groups is 1. The number of hydrogen-bond acceptors (Lipinski definition) is 6. The monoisotopic (exact) mass is 295 g/mol. The average Bonchev–Trinajstić information content (AvgIpc) is 2.36. The van der Waals surface area contributed by atoms with Gasteiger partial charge in [-0.15, -0.1) is 0 Å². The van der Waals surface area contributed by atoms with Crippen LogP contribution in [-0.2, 0) is 9.84 Å². The molecule has 8 heteroatoms. The van der Waals surface area contributed by atoms with Crippen molar-refractivity contribution in [1.29, 1.82) is 0 Å². The Morgan fingerprint density at radius 3 is 2.75 bits per heavy atom. The third kappa shape index (κ3) is 3.21. The van der Waals surface area contributed by atoms with Gasteiger partial charge >= 0.3 is 5.69 Å². The Labute approximate surface area is 115 Å². The molecule has 0 aliphatic rings. The minimum Gasteiger partial charge on any atom is -0.378 e. The highest BCUT2D eigenvalue weighted by molar-refractivity contribution is 7.90. The number of benzene rings is 1. The van der Waals surface area contributed by atoms with E-state index in [1.165, 1.54) is 6.07 Å². The van der Waals surface area contributed by atoms with Crippen molar-refractivity contribution in [1.82, 2.24) is 4.98 Å². The smallest absolute Gasteiger partial charge is 0.301 e. The summed E-state index contributed by atoms with van der Waals surface area (Å²) in [6, 6.07) is 6.43. The first kappa shape index (κ1) is 14.2. The van der Waals surface area contributed by atoms with Crippen molar-refractivity contribution in [3.05, 3.63) is 40.6 Å². The maximum absolute atomic E-state index is 11.2. The van der Waals surface area contributed by atoms with Gasteiger partial charge in [0.25, 0.3) is 0 Å². The van der Waals surface area contributed by atoms with E-state index in [9.17, 15) is 18.5 Å². The van der Waals surface area contributed by atoms with Crippen molar-refractivity contribution in [2.24, 2.45) is 0 Å². The summed E-state index contributed by atoms with van der Waals surface area (Å²) < 4.78 is 22.1. The number of anilines is 1. The molecule has 106 valence electrons. The molecule has 0 aliphatic carbocycles. The quantitative estimate of drug-likeness (QED) is 0.664. The summed E-state index contributed by atoms with van der Waals surface area (Å²) in [5.41, 5.74) is 0.719. The lowest BCUT2D eigenvalue weighted by atomic mass is 10.1. The predicted molar refractivity (Wildman–Crippen MR) is 76.6 cm³/mol. The van der Waals surface area contributed by atoms with Gasteiger partial charge in [0, 0.05) is 19.0 Å². The first-order valence-electron chi connectivity index (χ1n) is 5.82. The molecule has 2 aromatic rings. The van der Waals surface area contributed by atoms with Crippen LogP contribution in [0.4, 0.5) is 11.4 Å². The average molecular weight is 295 g/mol. The van der Waals surface area contributed by atoms with Gasteiger partial charge in [0.1, 0.15) is 15.5 Å². The maximum Gasteiger partial charge on any atom is 0.301 e. The highest BCUT2D eigenvalue weighted by Gasteiger charge is 2.18. The maximum atomic E-state index is 11.2. The summed E-state index contributed by atoms with van der Waals surface area (Å²) in [7, 11) is -3.11. The van der Waals surface area contributed by atoms with Gasteiger partial charge in [-0.05, 0) is 24.3 Å². The zero-order chi connectivity index (χ0) is 14.8. The van der Waals surface area contributed by atoms with Gasteiger partial charge in [-0.3, -0.25) is 15.1 Å². The second kappa shape index (κ2) is 5.41. The predicted octanol–water partition coefficient (Wildman–Crippen LogP) is 1.60. The van der Waals surface area contributed by atoms with Crippen LogP contribution in [0.1, 0.15) is 0 Å². The fourth-order valence-corrected chi connectivity index (χ4v) is 2.32. The van der Waals surface area contributed by atoms with E-state index in [2.05, 4.69) is 10.3 Å². The number of nitrogens with one attached hydrogen (secondary N) is 1. The number of fused-ring (bicyclic) bond motifs is 1. The number of sulfone groups is 1. The van der Waals surface area contributed by atoms with E-state index < -0.39 is 14.8 Å². The van der Waals surface area contributed by atoms with Gasteiger partial charge in [0.2, 0.25) is 0 Å². The number of nitrogens with zero attached hydrogens (tertiary/aromatic N) is 2. The second-order valence-corrected chi connectivity index (χ2v) is 6.61. The summed E-state index contributed by atoms with van der Waals surface area (Å²) in [6.45, 7) is 0.117. The van der Waals surface area contributed by atoms with Crippen LogP contribution < -0.4 is 5.32 Å². The zero-order valence-electron chi connectivity index (χ0n) is 10.7. The number of pyridine rings is 1. The third-order valence-electron chi connectivity index (χ3n) is 2.73. The minimum atomic E-state index is -3.11. The van der Waals surface area contributed by atoms with Gasteiger partial charge in [-0.1, -0.05) is 0 Å². The molecule has 1 aromatic carbocycles. The fourth-order valence-electron chi connectivity index (χ4n) is 1.85. The molecule has 0 unspecified atom stereocenters. The largest absolute Gasteiger partial charge is 0.378 e. The third-order valence-corrected chi connectivity index (χ3v) is 3.67. The minimum absolute atomic E-state index is 0.0881. The van der Waals surface area contributed by atoms with E-state index in [1.54, 1.807) is 24.4 Å². The van der Waals surface area contributed by atoms with Gasteiger partial charge < -0.3 is 5.32 Å². The van der Waals surface area contributed by atoms with Crippen molar-refractivity contribution in [3.8, 4) is 0 Å². The molecule has 0 fully saturated rings. The molecular weight excluding hydrogens is 282 g/mol. The second-order valence-electron chi connectivity index (χ2n) is 4.35. The summed E-state index contributed by atoms with van der Waals surface area (Å²) >= 11 is 0. The van der Waals surface area contributed by atoms with E-state index in [0.29, 0.717) is 16.6 Å².